The minimum absolute atomic E-state index is 0.0185. The van der Waals surface area contributed by atoms with Crippen LogP contribution >= 0.6 is 0 Å². The number of hydrogen-bond acceptors (Lipinski definition) is 15. The lowest BCUT2D eigenvalue weighted by Gasteiger charge is -2.27. The van der Waals surface area contributed by atoms with Gasteiger partial charge >= 0.3 is 6.09 Å². The van der Waals surface area contributed by atoms with Crippen LogP contribution in [0.15, 0.2) is 82.3 Å². The Balaban J connectivity index is 1.14. The van der Waals surface area contributed by atoms with Crippen LogP contribution in [-0.4, -0.2) is 126 Å². The van der Waals surface area contributed by atoms with Gasteiger partial charge in [0.05, 0.1) is 51.8 Å². The average molecular weight is 1010 g/mol. The summed E-state index contributed by atoms with van der Waals surface area (Å²) in [4.78, 5) is 26.0. The van der Waals surface area contributed by atoms with Crippen LogP contribution in [0.1, 0.15) is 103 Å². The van der Waals surface area contributed by atoms with Gasteiger partial charge in [-0.25, -0.2) is 30.0 Å². The van der Waals surface area contributed by atoms with Crippen molar-refractivity contribution in [2.45, 2.75) is 119 Å². The van der Waals surface area contributed by atoms with Gasteiger partial charge in [0.25, 0.3) is 0 Å². The normalized spacial score (nSPS) is 18.7. The summed E-state index contributed by atoms with van der Waals surface area (Å²) in [6.45, 7) is 10.0. The van der Waals surface area contributed by atoms with E-state index in [-0.39, 0.29) is 29.9 Å². The van der Waals surface area contributed by atoms with E-state index in [4.69, 9.17) is 14.2 Å². The molecule has 1 aliphatic carbocycles. The number of hydrogen-bond donors (Lipinski definition) is 2. The average Bonchev–Trinajstić information content (AvgIpc) is 3.58. The fourth-order valence-electron chi connectivity index (χ4n) is 8.80. The number of anilines is 1. The first-order valence-electron chi connectivity index (χ1n) is 23.0. The number of nitrogens with zero attached hydrogens (tertiary/aromatic N) is 2. The first-order chi connectivity index (χ1) is 32.0. The van der Waals surface area contributed by atoms with E-state index >= 15 is 0 Å². The predicted octanol–water partition coefficient (Wildman–Crippen LogP) is 5.37. The van der Waals surface area contributed by atoms with Crippen molar-refractivity contribution in [2.24, 2.45) is 0 Å². The summed E-state index contributed by atoms with van der Waals surface area (Å²) in [6.07, 6.45) is 16.0. The maximum Gasteiger partial charge on any atom is 0.407 e. The maximum atomic E-state index is 12.6. The smallest absolute Gasteiger partial charge is 0.407 e. The monoisotopic (exact) mass is 1000 g/mol. The van der Waals surface area contributed by atoms with Gasteiger partial charge in [-0.05, 0) is 101 Å². The van der Waals surface area contributed by atoms with E-state index < -0.39 is 57.9 Å². The molecule has 0 spiro atoms. The lowest BCUT2D eigenvalue weighted by atomic mass is 9.81. The van der Waals surface area contributed by atoms with E-state index in [9.17, 15) is 48.5 Å². The Labute approximate surface area is 401 Å². The van der Waals surface area contributed by atoms with Crippen LogP contribution in [0.4, 0.5) is 16.2 Å². The number of unbranched alkanes of at least 4 members (excludes halogenated alkanes) is 2. The number of ether oxygens (including phenoxy) is 3. The molecule has 0 saturated carbocycles. The largest absolute Gasteiger partial charge is 0.748 e. The summed E-state index contributed by atoms with van der Waals surface area (Å²) < 4.78 is 125. The highest BCUT2D eigenvalue weighted by Gasteiger charge is 2.45. The molecule has 0 fully saturated rings. The Morgan fingerprint density at radius 3 is 2.10 bits per heavy atom. The number of alkyl carbamates (subject to hydrolysis) is 1. The number of fused-ring (bicyclic) bond motifs is 2. The molecule has 0 radical (unpaired) electrons. The number of carbonyl (C=O) groups is 2. The van der Waals surface area contributed by atoms with E-state index in [0.717, 1.165) is 37.8 Å². The van der Waals surface area contributed by atoms with Crippen molar-refractivity contribution in [3.63, 3.8) is 0 Å². The first-order valence-corrected chi connectivity index (χ1v) is 27.4. The second-order valence-electron chi connectivity index (χ2n) is 18.1. The Kier molecular flexibility index (Phi) is 19.1. The molecule has 21 heteroatoms. The van der Waals surface area contributed by atoms with Gasteiger partial charge in [0.2, 0.25) is 11.6 Å². The quantitative estimate of drug-likeness (QED) is 0.0580. The van der Waals surface area contributed by atoms with Gasteiger partial charge < -0.3 is 43.4 Å². The third-order valence-electron chi connectivity index (χ3n) is 12.3. The Morgan fingerprint density at radius 2 is 1.43 bits per heavy atom. The Bertz CT molecular complexity index is 2590. The van der Waals surface area contributed by atoms with Gasteiger partial charge in [-0.2, -0.15) is 4.58 Å². The zero-order valence-corrected chi connectivity index (χ0v) is 41.6. The standard InChI is InChI=1S/C47H66N4O14S3/c1-46(2)38-33-36(67(57,58)59)20-22-40(38)50(26-12-8-11-19-44(52)48-24-28-63-30-31-64-29-25-49-45(53)65-35-15-9-6-5-7-10-16-35)42(46)17-13-18-43-47(3,4)39-34-37(68(60,61)62)21-23-41(39)51(43)27-14-32-66(54,55)56/h5-6,13,17-18,20-23,33-35H,7-12,14-16,19,24-32H2,1-4H3,(H4-,48,49,52,53,54,55,56,57,58,59,60,61,62)/p-2. The number of allylic oxidation sites excluding steroid dienone is 6. The lowest BCUT2D eigenvalue weighted by molar-refractivity contribution is -0.437. The SMILES string of the molecule is CC1(C)C(/C=C/C=C2/N(CCCCCC(=O)NCCOCCOCCNC(=O)OC3CCC=CCCC3)c3ccc(S(=O)(=O)[O-])cc3C2(C)C)=[N+](CCCS(=O)(=O)[O-])c2ccc(S(=O)(=O)[O-])cc21. The van der Waals surface area contributed by atoms with Gasteiger partial charge in [-0.3, -0.25) is 4.79 Å². The van der Waals surface area contributed by atoms with Gasteiger partial charge in [0.15, 0.2) is 5.71 Å². The van der Waals surface area contributed by atoms with Crippen molar-refractivity contribution in [2.75, 3.05) is 63.3 Å². The molecular weight excluding hydrogens is 941 g/mol. The van der Waals surface area contributed by atoms with Crippen molar-refractivity contribution in [3.8, 4) is 0 Å². The summed E-state index contributed by atoms with van der Waals surface area (Å²) in [5.74, 6) is -0.736. The molecule has 376 valence electrons. The molecule has 2 aromatic carbocycles. The minimum Gasteiger partial charge on any atom is -0.748 e. The molecule has 68 heavy (non-hydrogen) atoms. The topological polar surface area (TPSA) is 264 Å². The number of rotatable bonds is 24. The second-order valence-corrected chi connectivity index (χ2v) is 22.3. The minimum atomic E-state index is -4.79. The molecule has 0 saturated heterocycles. The summed E-state index contributed by atoms with van der Waals surface area (Å²) in [5.41, 5.74) is 2.19. The summed E-state index contributed by atoms with van der Waals surface area (Å²) in [5, 5.41) is 5.57. The van der Waals surface area contributed by atoms with Gasteiger partial charge in [-0.15, -0.1) is 0 Å². The van der Waals surface area contributed by atoms with Crippen molar-refractivity contribution in [1.82, 2.24) is 10.6 Å². The molecule has 2 aliphatic heterocycles. The van der Waals surface area contributed by atoms with E-state index in [0.29, 0.717) is 100.0 Å². The van der Waals surface area contributed by atoms with Crippen LogP contribution in [0.3, 0.4) is 0 Å². The highest BCUT2D eigenvalue weighted by Crippen LogP contribution is 2.49. The number of amides is 2. The van der Waals surface area contributed by atoms with Crippen molar-refractivity contribution < 1.29 is 67.3 Å². The van der Waals surface area contributed by atoms with Crippen LogP contribution in [0.5, 0.6) is 0 Å². The van der Waals surface area contributed by atoms with E-state index in [2.05, 4.69) is 22.8 Å². The fraction of sp³-hybridized carbons (Fsp3) is 0.553. The molecule has 2 amide bonds. The summed E-state index contributed by atoms with van der Waals surface area (Å²) in [6, 6.07) is 8.29. The highest BCUT2D eigenvalue weighted by atomic mass is 32.2. The van der Waals surface area contributed by atoms with Crippen LogP contribution in [-0.2, 0) is 60.2 Å². The van der Waals surface area contributed by atoms with Crippen LogP contribution < -0.4 is 15.5 Å². The van der Waals surface area contributed by atoms with Crippen molar-refractivity contribution in [1.29, 1.82) is 0 Å². The molecule has 1 atom stereocenters. The molecular formula is C47H64N4O14S3-2. The first kappa shape index (κ1) is 54.5. The zero-order chi connectivity index (χ0) is 49.8. The molecule has 2 heterocycles. The molecule has 18 nitrogen and oxygen atoms in total. The third kappa shape index (κ3) is 15.3. The van der Waals surface area contributed by atoms with Crippen LogP contribution in [0.2, 0.25) is 0 Å². The lowest BCUT2D eigenvalue weighted by Crippen LogP contribution is -2.32. The van der Waals surface area contributed by atoms with Crippen LogP contribution in [0, 0.1) is 0 Å². The Hall–Kier alpha value is -4.48. The van der Waals surface area contributed by atoms with Gasteiger partial charge in [-0.1, -0.05) is 38.5 Å². The molecule has 5 rings (SSSR count). The third-order valence-corrected chi connectivity index (χ3v) is 14.8. The van der Waals surface area contributed by atoms with E-state index in [1.165, 1.54) is 30.3 Å². The molecule has 2 N–H and O–H groups in total. The second kappa shape index (κ2) is 23.9. The molecule has 0 bridgehead atoms. The number of carbonyl (C=O) groups excluding carboxylic acids is 2. The van der Waals surface area contributed by atoms with E-state index in [1.54, 1.807) is 22.8 Å². The molecule has 2 aromatic rings. The molecule has 0 aromatic heterocycles. The van der Waals surface area contributed by atoms with Gasteiger partial charge in [0.1, 0.15) is 32.9 Å². The summed E-state index contributed by atoms with van der Waals surface area (Å²) in [7, 11) is -14.1. The highest BCUT2D eigenvalue weighted by molar-refractivity contribution is 7.86. The van der Waals surface area contributed by atoms with Crippen LogP contribution in [0.25, 0.3) is 0 Å². The summed E-state index contributed by atoms with van der Waals surface area (Å²) >= 11 is 0. The van der Waals surface area contributed by atoms with Crippen molar-refractivity contribution in [3.05, 3.63) is 83.6 Å². The fourth-order valence-corrected chi connectivity index (χ4v) is 10.3. The molecule has 3 aliphatic rings. The van der Waals surface area contributed by atoms with Gasteiger partial charge in [0, 0.05) is 72.7 Å². The van der Waals surface area contributed by atoms with Crippen molar-refractivity contribution >= 4 is 59.4 Å². The van der Waals surface area contributed by atoms with E-state index in [1.807, 2.05) is 38.7 Å². The Morgan fingerprint density at radius 1 is 0.779 bits per heavy atom. The maximum absolute atomic E-state index is 12.6. The predicted molar refractivity (Wildman–Crippen MR) is 252 cm³/mol. The molecule has 1 unspecified atom stereocenters. The number of nitrogens with one attached hydrogen (secondary N) is 2. The zero-order valence-electron chi connectivity index (χ0n) is 39.2. The number of benzene rings is 2.